The van der Waals surface area contributed by atoms with E-state index in [9.17, 15) is 4.79 Å². The van der Waals surface area contributed by atoms with Crippen LogP contribution in [-0.2, 0) is 4.79 Å². The largest absolute Gasteiger partial charge is 0.422 e. The zero-order chi connectivity index (χ0) is 12.0. The van der Waals surface area contributed by atoms with Crippen LogP contribution in [-0.4, -0.2) is 25.0 Å². The number of ether oxygens (including phenoxy) is 1. The molecule has 0 atom stereocenters. The highest BCUT2D eigenvalue weighted by Crippen LogP contribution is 2.16. The van der Waals surface area contributed by atoms with Crippen LogP contribution in [0.3, 0.4) is 0 Å². The summed E-state index contributed by atoms with van der Waals surface area (Å²) in [6.07, 6.45) is 2.88. The highest BCUT2D eigenvalue weighted by atomic mass is 16.5. The Kier molecular flexibility index (Phi) is 4.10. The maximum Gasteiger partial charge on any atom is 0.337 e. The number of carbonyl (C=O) groups is 1. The molecular formula is C12H12N2O2. The van der Waals surface area contributed by atoms with E-state index in [0.717, 1.165) is 0 Å². The van der Waals surface area contributed by atoms with Gasteiger partial charge in [-0.05, 0) is 12.1 Å². The number of carbonyl (C=O) groups excluding carboxylic acids is 1. The van der Waals surface area contributed by atoms with Gasteiger partial charge in [-0.3, -0.25) is 0 Å². The van der Waals surface area contributed by atoms with Crippen LogP contribution in [0.4, 0.5) is 0 Å². The zero-order valence-corrected chi connectivity index (χ0v) is 9.18. The van der Waals surface area contributed by atoms with Crippen molar-refractivity contribution in [2.75, 3.05) is 14.1 Å². The molecule has 1 rings (SSSR count). The van der Waals surface area contributed by atoms with Crippen molar-refractivity contribution in [1.29, 1.82) is 5.26 Å². The van der Waals surface area contributed by atoms with Gasteiger partial charge in [0.15, 0.2) is 0 Å². The smallest absolute Gasteiger partial charge is 0.337 e. The predicted molar refractivity (Wildman–Crippen MR) is 59.6 cm³/mol. The second kappa shape index (κ2) is 5.56. The molecule has 0 saturated heterocycles. The molecule has 0 heterocycles. The van der Waals surface area contributed by atoms with Crippen LogP contribution in [0, 0.1) is 11.3 Å². The van der Waals surface area contributed by atoms with Gasteiger partial charge < -0.3 is 9.64 Å². The van der Waals surface area contributed by atoms with Crippen molar-refractivity contribution in [3.63, 3.8) is 0 Å². The molecule has 82 valence electrons. The maximum atomic E-state index is 11.3. The molecule has 0 aliphatic heterocycles. The van der Waals surface area contributed by atoms with Crippen molar-refractivity contribution in [2.24, 2.45) is 0 Å². The van der Waals surface area contributed by atoms with Gasteiger partial charge in [0.2, 0.25) is 0 Å². The Balaban J connectivity index is 2.74. The minimum absolute atomic E-state index is 0.276. The normalized spacial score (nSPS) is 9.81. The van der Waals surface area contributed by atoms with E-state index in [-0.39, 0.29) is 5.75 Å². The summed E-state index contributed by atoms with van der Waals surface area (Å²) in [5.41, 5.74) is 0.342. The van der Waals surface area contributed by atoms with Gasteiger partial charge in [0.25, 0.3) is 0 Å². The SMILES string of the molecule is CN(C)/C=C/C(=O)Oc1ccccc1C#N. The third-order valence-electron chi connectivity index (χ3n) is 1.73. The van der Waals surface area contributed by atoms with Gasteiger partial charge in [0.05, 0.1) is 5.56 Å². The Morgan fingerprint density at radius 3 is 2.75 bits per heavy atom. The Hall–Kier alpha value is -2.28. The number of hydrogen-bond donors (Lipinski definition) is 0. The number of para-hydroxylation sites is 1. The lowest BCUT2D eigenvalue weighted by atomic mass is 10.2. The van der Waals surface area contributed by atoms with E-state index in [1.807, 2.05) is 6.07 Å². The zero-order valence-electron chi connectivity index (χ0n) is 9.18. The van der Waals surface area contributed by atoms with Gasteiger partial charge in [0.1, 0.15) is 11.8 Å². The van der Waals surface area contributed by atoms with E-state index in [1.54, 1.807) is 49.5 Å². The Bertz CT molecular complexity index is 445. The fourth-order valence-electron chi connectivity index (χ4n) is 1.00. The first-order valence-corrected chi connectivity index (χ1v) is 4.69. The molecule has 16 heavy (non-hydrogen) atoms. The molecule has 0 spiro atoms. The van der Waals surface area contributed by atoms with Gasteiger partial charge in [-0.1, -0.05) is 12.1 Å². The standard InChI is InChI=1S/C12H12N2O2/c1-14(2)8-7-12(15)16-11-6-4-3-5-10(11)9-13/h3-8H,1-2H3/b8-7+. The topological polar surface area (TPSA) is 53.3 Å². The third-order valence-corrected chi connectivity index (χ3v) is 1.73. The van der Waals surface area contributed by atoms with Crippen LogP contribution in [0.5, 0.6) is 5.75 Å². The summed E-state index contributed by atoms with van der Waals surface area (Å²) >= 11 is 0. The van der Waals surface area contributed by atoms with Gasteiger partial charge in [-0.15, -0.1) is 0 Å². The van der Waals surface area contributed by atoms with Crippen LogP contribution < -0.4 is 4.74 Å². The Morgan fingerprint density at radius 2 is 2.12 bits per heavy atom. The average molecular weight is 216 g/mol. The lowest BCUT2D eigenvalue weighted by Crippen LogP contribution is -2.08. The van der Waals surface area contributed by atoms with E-state index in [1.165, 1.54) is 6.08 Å². The molecule has 0 fully saturated rings. The average Bonchev–Trinajstić information content (AvgIpc) is 2.27. The lowest BCUT2D eigenvalue weighted by Gasteiger charge is -2.04. The van der Waals surface area contributed by atoms with E-state index < -0.39 is 5.97 Å². The Labute approximate surface area is 94.4 Å². The number of hydrogen-bond acceptors (Lipinski definition) is 4. The van der Waals surface area contributed by atoms with Gasteiger partial charge >= 0.3 is 5.97 Å². The first-order valence-electron chi connectivity index (χ1n) is 4.69. The quantitative estimate of drug-likeness (QED) is 0.437. The second-order valence-corrected chi connectivity index (χ2v) is 3.31. The molecule has 0 bridgehead atoms. The Morgan fingerprint density at radius 1 is 1.44 bits per heavy atom. The summed E-state index contributed by atoms with van der Waals surface area (Å²) in [7, 11) is 3.60. The number of nitrogens with zero attached hydrogens (tertiary/aromatic N) is 2. The molecule has 0 saturated carbocycles. The first kappa shape index (κ1) is 11.8. The summed E-state index contributed by atoms with van der Waals surface area (Å²) in [6, 6.07) is 8.55. The van der Waals surface area contributed by atoms with Crippen LogP contribution in [0.25, 0.3) is 0 Å². The summed E-state index contributed by atoms with van der Waals surface area (Å²) in [4.78, 5) is 13.1. The molecule has 4 heteroatoms. The van der Waals surface area contributed by atoms with Crippen molar-refractivity contribution in [3.8, 4) is 11.8 Å². The van der Waals surface area contributed by atoms with Gasteiger partial charge in [-0.25, -0.2) is 4.79 Å². The minimum Gasteiger partial charge on any atom is -0.422 e. The van der Waals surface area contributed by atoms with Crippen LogP contribution >= 0.6 is 0 Å². The predicted octanol–water partition coefficient (Wildman–Crippen LogP) is 1.54. The number of benzene rings is 1. The molecule has 0 N–H and O–H groups in total. The summed E-state index contributed by atoms with van der Waals surface area (Å²) in [5.74, 6) is -0.227. The van der Waals surface area contributed by atoms with E-state index >= 15 is 0 Å². The fraction of sp³-hybridized carbons (Fsp3) is 0.167. The van der Waals surface area contributed by atoms with E-state index in [2.05, 4.69) is 0 Å². The van der Waals surface area contributed by atoms with E-state index in [4.69, 9.17) is 10.00 Å². The second-order valence-electron chi connectivity index (χ2n) is 3.31. The molecule has 0 aliphatic carbocycles. The van der Waals surface area contributed by atoms with Crippen molar-refractivity contribution < 1.29 is 9.53 Å². The first-order chi connectivity index (χ1) is 7.63. The molecular weight excluding hydrogens is 204 g/mol. The lowest BCUT2D eigenvalue weighted by molar-refractivity contribution is -0.129. The monoisotopic (exact) mass is 216 g/mol. The van der Waals surface area contributed by atoms with Gasteiger partial charge in [-0.2, -0.15) is 5.26 Å². The van der Waals surface area contributed by atoms with Crippen molar-refractivity contribution >= 4 is 5.97 Å². The molecule has 1 aromatic rings. The minimum atomic E-state index is -0.503. The van der Waals surface area contributed by atoms with Crippen LogP contribution in [0.1, 0.15) is 5.56 Å². The highest BCUT2D eigenvalue weighted by molar-refractivity contribution is 5.84. The number of rotatable bonds is 3. The molecule has 0 aromatic heterocycles. The van der Waals surface area contributed by atoms with Crippen molar-refractivity contribution in [1.82, 2.24) is 4.90 Å². The van der Waals surface area contributed by atoms with Crippen molar-refractivity contribution in [2.45, 2.75) is 0 Å². The number of esters is 1. The fourth-order valence-corrected chi connectivity index (χ4v) is 1.00. The molecule has 0 unspecified atom stereocenters. The summed E-state index contributed by atoms with van der Waals surface area (Å²) in [5, 5.41) is 8.78. The molecule has 1 aromatic carbocycles. The van der Waals surface area contributed by atoms with E-state index in [0.29, 0.717) is 5.56 Å². The summed E-state index contributed by atoms with van der Waals surface area (Å²) < 4.78 is 5.01. The highest BCUT2D eigenvalue weighted by Gasteiger charge is 2.05. The molecule has 4 nitrogen and oxygen atoms in total. The van der Waals surface area contributed by atoms with Crippen molar-refractivity contribution in [3.05, 3.63) is 42.1 Å². The molecule has 0 amide bonds. The third kappa shape index (κ3) is 3.46. The van der Waals surface area contributed by atoms with Crippen LogP contribution in [0.15, 0.2) is 36.5 Å². The maximum absolute atomic E-state index is 11.3. The summed E-state index contributed by atoms with van der Waals surface area (Å²) in [6.45, 7) is 0. The molecule has 0 aliphatic rings. The molecule has 0 radical (unpaired) electrons. The van der Waals surface area contributed by atoms with Gasteiger partial charge in [0, 0.05) is 26.4 Å². The van der Waals surface area contributed by atoms with Crippen LogP contribution in [0.2, 0.25) is 0 Å². The number of nitriles is 1.